The molecule has 0 saturated carbocycles. The summed E-state index contributed by atoms with van der Waals surface area (Å²) in [6, 6.07) is 14.5. The molecule has 0 aliphatic rings. The van der Waals surface area contributed by atoms with Gasteiger partial charge in [-0.1, -0.05) is 48.5 Å². The summed E-state index contributed by atoms with van der Waals surface area (Å²) >= 11 is 0. The molecule has 0 aliphatic carbocycles. The molecule has 0 bridgehead atoms. The molecule has 2 amide bonds. The van der Waals surface area contributed by atoms with Crippen molar-refractivity contribution in [3.63, 3.8) is 0 Å². The molecule has 6 nitrogen and oxygen atoms in total. The highest BCUT2D eigenvalue weighted by atomic mass is 35.5. The van der Waals surface area contributed by atoms with Crippen molar-refractivity contribution >= 4 is 30.1 Å². The summed E-state index contributed by atoms with van der Waals surface area (Å²) < 4.78 is 0. The smallest absolute Gasteiger partial charge is 0.352 e. The van der Waals surface area contributed by atoms with E-state index in [0.29, 0.717) is 5.69 Å². The molecule has 0 saturated heterocycles. The molecule has 0 aliphatic heterocycles. The number of nitrogens with one attached hydrogen (secondary N) is 2. The summed E-state index contributed by atoms with van der Waals surface area (Å²) in [4.78, 5) is 18.7. The molecule has 7 heteroatoms. The van der Waals surface area contributed by atoms with Gasteiger partial charge in [-0.3, -0.25) is 10.2 Å². The standard InChI is InChI=1S/C17H20N4O2.ClH/c1-12-7-6-8-13(2)15(12)21(16(18)19)17(22)20-23-11-14-9-4-3-5-10-14;/h3-10H,11H2,1-2H3,(H3,18,19)(H,20,22);1H. The van der Waals surface area contributed by atoms with E-state index >= 15 is 0 Å². The first-order valence-corrected chi connectivity index (χ1v) is 7.16. The minimum Gasteiger partial charge on any atom is -0.369 e. The van der Waals surface area contributed by atoms with Crippen LogP contribution < -0.4 is 16.1 Å². The first-order chi connectivity index (χ1) is 11.0. The highest BCUT2D eigenvalue weighted by Crippen LogP contribution is 2.24. The lowest BCUT2D eigenvalue weighted by Crippen LogP contribution is -2.47. The highest BCUT2D eigenvalue weighted by Gasteiger charge is 2.22. The molecule has 128 valence electrons. The fourth-order valence-corrected chi connectivity index (χ4v) is 2.29. The van der Waals surface area contributed by atoms with Crippen molar-refractivity contribution in [2.24, 2.45) is 5.73 Å². The van der Waals surface area contributed by atoms with Gasteiger partial charge in [-0.25, -0.2) is 15.2 Å². The van der Waals surface area contributed by atoms with E-state index in [1.165, 1.54) is 0 Å². The second kappa shape index (κ2) is 8.90. The summed E-state index contributed by atoms with van der Waals surface area (Å²) in [5.74, 6) is -0.372. The van der Waals surface area contributed by atoms with E-state index in [2.05, 4.69) is 5.48 Å². The number of aryl methyl sites for hydroxylation is 2. The van der Waals surface area contributed by atoms with Crippen molar-refractivity contribution in [2.75, 3.05) is 4.90 Å². The van der Waals surface area contributed by atoms with Crippen LogP contribution in [0.15, 0.2) is 48.5 Å². The monoisotopic (exact) mass is 348 g/mol. The Kier molecular flexibility index (Phi) is 7.23. The average molecular weight is 349 g/mol. The van der Waals surface area contributed by atoms with E-state index in [4.69, 9.17) is 16.0 Å². The lowest BCUT2D eigenvalue weighted by atomic mass is 10.1. The lowest BCUT2D eigenvalue weighted by Gasteiger charge is -2.24. The topological polar surface area (TPSA) is 91.4 Å². The third-order valence-corrected chi connectivity index (χ3v) is 3.35. The molecule has 0 fully saturated rings. The van der Waals surface area contributed by atoms with Crippen LogP contribution in [0.25, 0.3) is 0 Å². The van der Waals surface area contributed by atoms with Gasteiger partial charge in [0.2, 0.25) is 5.96 Å². The number of hydrogen-bond donors (Lipinski definition) is 3. The van der Waals surface area contributed by atoms with Gasteiger partial charge in [0.1, 0.15) is 0 Å². The number of carbonyl (C=O) groups excluding carboxylic acids is 1. The minimum atomic E-state index is -0.606. The predicted octanol–water partition coefficient (Wildman–Crippen LogP) is 3.27. The second-order valence-corrected chi connectivity index (χ2v) is 5.14. The molecule has 0 heterocycles. The number of hydroxylamine groups is 1. The van der Waals surface area contributed by atoms with Gasteiger partial charge in [-0.2, -0.15) is 0 Å². The van der Waals surface area contributed by atoms with Crippen LogP contribution in [0.2, 0.25) is 0 Å². The third-order valence-electron chi connectivity index (χ3n) is 3.35. The lowest BCUT2D eigenvalue weighted by molar-refractivity contribution is 0.0522. The van der Waals surface area contributed by atoms with Gasteiger partial charge in [-0.15, -0.1) is 12.4 Å². The maximum absolute atomic E-state index is 12.3. The van der Waals surface area contributed by atoms with Gasteiger partial charge in [-0.05, 0) is 30.5 Å². The number of anilines is 1. The Balaban J connectivity index is 0.00000288. The van der Waals surface area contributed by atoms with Gasteiger partial charge >= 0.3 is 6.03 Å². The summed E-state index contributed by atoms with van der Waals surface area (Å²) in [5.41, 5.74) is 11.1. The largest absolute Gasteiger partial charge is 0.369 e. The number of guanidine groups is 1. The van der Waals surface area contributed by atoms with Crippen molar-refractivity contribution in [1.29, 1.82) is 5.41 Å². The van der Waals surface area contributed by atoms with Crippen molar-refractivity contribution in [3.05, 3.63) is 65.2 Å². The summed E-state index contributed by atoms with van der Waals surface area (Å²) in [5, 5.41) is 7.70. The molecule has 2 aromatic rings. The first kappa shape index (κ1) is 19.5. The quantitative estimate of drug-likeness (QED) is 0.450. The Morgan fingerprint density at radius 3 is 2.25 bits per heavy atom. The first-order valence-electron chi connectivity index (χ1n) is 7.16. The number of hydrogen-bond acceptors (Lipinski definition) is 3. The van der Waals surface area contributed by atoms with Crippen LogP contribution >= 0.6 is 12.4 Å². The Morgan fingerprint density at radius 1 is 1.12 bits per heavy atom. The number of benzene rings is 2. The molecule has 0 unspecified atom stereocenters. The van der Waals surface area contributed by atoms with Crippen molar-refractivity contribution in [2.45, 2.75) is 20.5 Å². The Bertz CT molecular complexity index is 687. The second-order valence-electron chi connectivity index (χ2n) is 5.14. The van der Waals surface area contributed by atoms with Crippen molar-refractivity contribution < 1.29 is 9.63 Å². The normalized spacial score (nSPS) is 9.75. The van der Waals surface area contributed by atoms with E-state index in [1.54, 1.807) is 0 Å². The number of amides is 2. The van der Waals surface area contributed by atoms with Crippen molar-refractivity contribution in [1.82, 2.24) is 5.48 Å². The summed E-state index contributed by atoms with van der Waals surface area (Å²) in [6.07, 6.45) is 0. The predicted molar refractivity (Wildman–Crippen MR) is 97.3 cm³/mol. The maximum Gasteiger partial charge on any atom is 0.352 e. The van der Waals surface area contributed by atoms with E-state index in [-0.39, 0.29) is 25.0 Å². The van der Waals surface area contributed by atoms with Crippen LogP contribution in [0, 0.1) is 19.3 Å². The van der Waals surface area contributed by atoms with Crippen LogP contribution in [0.3, 0.4) is 0 Å². The van der Waals surface area contributed by atoms with Crippen LogP contribution in [0.5, 0.6) is 0 Å². The Hall–Kier alpha value is -2.57. The zero-order valence-electron chi connectivity index (χ0n) is 13.6. The molecule has 2 rings (SSSR count). The number of urea groups is 1. The minimum absolute atomic E-state index is 0. The van der Waals surface area contributed by atoms with E-state index in [0.717, 1.165) is 21.6 Å². The molecular weight excluding hydrogens is 328 g/mol. The van der Waals surface area contributed by atoms with Crippen LogP contribution in [-0.2, 0) is 11.4 Å². The summed E-state index contributed by atoms with van der Waals surface area (Å²) in [6.45, 7) is 3.94. The van der Waals surface area contributed by atoms with E-state index in [9.17, 15) is 4.79 Å². The molecule has 0 radical (unpaired) electrons. The molecule has 0 aromatic heterocycles. The number of rotatable bonds is 4. The Labute approximate surface area is 147 Å². The zero-order valence-corrected chi connectivity index (χ0v) is 14.4. The number of carbonyl (C=O) groups is 1. The molecule has 2 aromatic carbocycles. The molecule has 0 atom stereocenters. The van der Waals surface area contributed by atoms with Crippen LogP contribution in [0.4, 0.5) is 10.5 Å². The van der Waals surface area contributed by atoms with Gasteiger partial charge in [0.05, 0.1) is 12.3 Å². The van der Waals surface area contributed by atoms with Crippen LogP contribution in [0.1, 0.15) is 16.7 Å². The van der Waals surface area contributed by atoms with Gasteiger partial charge in [0.25, 0.3) is 0 Å². The molecule has 0 spiro atoms. The van der Waals surface area contributed by atoms with Gasteiger partial charge in [0.15, 0.2) is 0 Å². The SMILES string of the molecule is Cc1cccc(C)c1N(C(=N)N)C(=O)NOCc1ccccc1.Cl. The van der Waals surface area contributed by atoms with Gasteiger partial charge in [0, 0.05) is 0 Å². The summed E-state index contributed by atoms with van der Waals surface area (Å²) in [7, 11) is 0. The number of para-hydroxylation sites is 1. The molecular formula is C17H21ClN4O2. The fraction of sp³-hybridized carbons (Fsp3) is 0.176. The third kappa shape index (κ3) is 4.71. The maximum atomic E-state index is 12.3. The fourth-order valence-electron chi connectivity index (χ4n) is 2.29. The molecule has 24 heavy (non-hydrogen) atoms. The number of halogens is 1. The Morgan fingerprint density at radius 2 is 1.71 bits per heavy atom. The van der Waals surface area contributed by atoms with E-state index in [1.807, 2.05) is 62.4 Å². The molecule has 4 N–H and O–H groups in total. The van der Waals surface area contributed by atoms with Crippen molar-refractivity contribution in [3.8, 4) is 0 Å². The number of nitrogens with two attached hydrogens (primary N) is 1. The zero-order chi connectivity index (χ0) is 16.8. The highest BCUT2D eigenvalue weighted by molar-refractivity contribution is 6.14. The average Bonchev–Trinajstić information content (AvgIpc) is 2.51. The number of nitrogens with zero attached hydrogens (tertiary/aromatic N) is 1. The van der Waals surface area contributed by atoms with Gasteiger partial charge < -0.3 is 5.73 Å². The van der Waals surface area contributed by atoms with E-state index < -0.39 is 6.03 Å². The van der Waals surface area contributed by atoms with Crippen LogP contribution in [-0.4, -0.2) is 12.0 Å².